The molecule has 0 spiro atoms. The number of carbonyl (C=O) groups is 2. The highest BCUT2D eigenvalue weighted by atomic mass is 32.2. The number of nitrogen functional groups attached to an aromatic ring is 1. The van der Waals surface area contributed by atoms with Gasteiger partial charge in [-0.05, 0) is 122 Å². The van der Waals surface area contributed by atoms with Gasteiger partial charge in [-0.1, -0.05) is 41.5 Å². The van der Waals surface area contributed by atoms with E-state index in [1.165, 1.54) is 59.0 Å². The lowest BCUT2D eigenvalue weighted by Gasteiger charge is -2.26. The van der Waals surface area contributed by atoms with Gasteiger partial charge in [-0.2, -0.15) is 0 Å². The van der Waals surface area contributed by atoms with Crippen LogP contribution >= 0.6 is 0 Å². The van der Waals surface area contributed by atoms with Crippen LogP contribution in [0.25, 0.3) is 22.1 Å². The van der Waals surface area contributed by atoms with E-state index in [9.17, 15) is 26.4 Å². The first-order chi connectivity index (χ1) is 33.4. The second-order valence-electron chi connectivity index (χ2n) is 20.4. The molecule has 382 valence electrons. The van der Waals surface area contributed by atoms with Gasteiger partial charge in [-0.3, -0.25) is 18.2 Å². The Bertz CT molecular complexity index is 3070. The van der Waals surface area contributed by atoms with Crippen molar-refractivity contribution in [1.29, 1.82) is 0 Å². The lowest BCUT2D eigenvalue weighted by Crippen LogP contribution is -2.26. The topological polar surface area (TPSA) is 210 Å². The third-order valence-corrected chi connectivity index (χ3v) is 16.4. The number of carbonyl (C=O) groups excluding carboxylic acids is 2. The number of imidazole rings is 2. The maximum absolute atomic E-state index is 13.4. The molecule has 1 amide bonds. The summed E-state index contributed by atoms with van der Waals surface area (Å²) in [4.78, 5) is 32.9. The molecule has 4 aromatic carbocycles. The molecule has 0 unspecified atom stereocenters. The van der Waals surface area contributed by atoms with E-state index in [0.717, 1.165) is 98.9 Å². The molecule has 0 aliphatic carbocycles. The molecule has 2 aliphatic heterocycles. The first-order valence-corrected chi connectivity index (χ1v) is 26.8. The maximum Gasteiger partial charge on any atom is 0.303 e. The first kappa shape index (κ1) is 52.8. The van der Waals surface area contributed by atoms with E-state index in [0.29, 0.717) is 34.6 Å². The molecule has 0 radical (unpaired) electrons. The predicted molar refractivity (Wildman–Crippen MR) is 278 cm³/mol. The molecule has 17 nitrogen and oxygen atoms in total. The Labute approximate surface area is 417 Å². The Kier molecular flexibility index (Phi) is 15.9. The van der Waals surface area contributed by atoms with E-state index in [-0.39, 0.29) is 20.6 Å². The fourth-order valence-electron chi connectivity index (χ4n) is 8.83. The highest BCUT2D eigenvalue weighted by Gasteiger charge is 2.29. The van der Waals surface area contributed by atoms with Gasteiger partial charge in [0.15, 0.2) is 6.61 Å². The summed E-state index contributed by atoms with van der Waals surface area (Å²) < 4.78 is 75.9. The van der Waals surface area contributed by atoms with E-state index < -0.39 is 38.5 Å². The summed E-state index contributed by atoms with van der Waals surface area (Å²) in [5.41, 5.74) is 10.9. The van der Waals surface area contributed by atoms with Crippen molar-refractivity contribution in [2.24, 2.45) is 11.8 Å². The van der Waals surface area contributed by atoms with Crippen LogP contribution in [0.3, 0.4) is 0 Å². The molecule has 6 aromatic rings. The smallest absolute Gasteiger partial charge is 0.303 e. The fraction of sp³-hybridized carbons (Fsp3) is 0.462. The Hall–Kier alpha value is -6.02. The molecular formula is C52H68N8O9S2. The number of nitrogens with two attached hydrogens (primary N) is 1. The largest absolute Gasteiger partial charge is 0.456 e. The lowest BCUT2D eigenvalue weighted by atomic mass is 9.94. The molecule has 3 N–H and O–H groups in total. The average molecular weight is 1010 g/mol. The van der Waals surface area contributed by atoms with Crippen molar-refractivity contribution in [2.75, 3.05) is 66.8 Å². The minimum atomic E-state index is -3.88. The molecule has 2 aliphatic rings. The number of benzene rings is 4. The highest BCUT2D eigenvalue weighted by molar-refractivity contribution is 7.93. The normalized spacial score (nSPS) is 15.3. The Morgan fingerprint density at radius 3 is 1.44 bits per heavy atom. The summed E-state index contributed by atoms with van der Waals surface area (Å²) in [5.74, 6) is 1.97. The molecular weight excluding hydrogens is 945 g/mol. The average Bonchev–Trinajstić information content (AvgIpc) is 3.89. The molecule has 2 saturated heterocycles. The number of fused-ring (bicyclic) bond motifs is 2. The summed E-state index contributed by atoms with van der Waals surface area (Å²) in [6, 6.07) is 23.3. The minimum absolute atomic E-state index is 0.0727. The Balaban J connectivity index is 0.000000213. The number of anilines is 4. The highest BCUT2D eigenvalue weighted by Crippen LogP contribution is 2.35. The van der Waals surface area contributed by atoms with Crippen molar-refractivity contribution < 1.29 is 40.6 Å². The molecule has 0 bridgehead atoms. The third-order valence-electron chi connectivity index (χ3n) is 12.8. The number of aromatic nitrogens is 4. The number of amides is 1. The second-order valence-corrected chi connectivity index (χ2v) is 24.4. The Morgan fingerprint density at radius 2 is 1.06 bits per heavy atom. The molecule has 0 saturated carbocycles. The Morgan fingerprint density at radius 1 is 0.662 bits per heavy atom. The van der Waals surface area contributed by atoms with Crippen molar-refractivity contribution >= 4 is 76.7 Å². The molecule has 71 heavy (non-hydrogen) atoms. The monoisotopic (exact) mass is 1010 g/mol. The number of sulfonamides is 2. The number of hydrogen-bond acceptors (Lipinski definition) is 12. The number of rotatable bonds is 13. The van der Waals surface area contributed by atoms with Crippen LogP contribution in [0.5, 0.6) is 0 Å². The zero-order chi connectivity index (χ0) is 51.5. The van der Waals surface area contributed by atoms with Crippen LogP contribution in [0.4, 0.5) is 22.7 Å². The molecule has 19 heteroatoms. The van der Waals surface area contributed by atoms with Gasteiger partial charge in [0, 0.05) is 82.7 Å². The summed E-state index contributed by atoms with van der Waals surface area (Å²) >= 11 is 0. The SMILES string of the molecule is CC(=O)OCC(=O)Nc1ccc(S(=O)(=O)N(C)c2ccc3c(c2)nc(C(C)(C)C)n3CC2CCOCC2)cc1.CN(c1ccc2c(c1)nc(C(C)(C)C)n2CC1CCOCC1)S(=O)(=O)c1ccc(N)cc1. The van der Waals surface area contributed by atoms with Crippen LogP contribution in [-0.4, -0.2) is 94.9 Å². The zero-order valence-electron chi connectivity index (χ0n) is 42.3. The van der Waals surface area contributed by atoms with E-state index in [1.807, 2.05) is 30.3 Å². The molecule has 0 atom stereocenters. The van der Waals surface area contributed by atoms with Gasteiger partial charge in [0.25, 0.3) is 26.0 Å². The number of ether oxygens (including phenoxy) is 3. The summed E-state index contributed by atoms with van der Waals surface area (Å²) in [7, 11) is -4.51. The maximum atomic E-state index is 13.4. The van der Waals surface area contributed by atoms with Crippen LogP contribution in [0.2, 0.25) is 0 Å². The van der Waals surface area contributed by atoms with E-state index in [4.69, 9.17) is 25.2 Å². The fourth-order valence-corrected chi connectivity index (χ4v) is 11.2. The quantitative estimate of drug-likeness (QED) is 0.0828. The van der Waals surface area contributed by atoms with E-state index >= 15 is 0 Å². The standard InChI is InChI=1S/C28H36N4O6S.C24H32N4O3S/c1-19(33)38-18-26(34)29-21-6-9-23(10-7-21)39(35,36)31(5)22-8-11-25-24(16-22)30-27(28(2,3)4)32(25)17-20-12-14-37-15-13-20;1-24(2,3)23-26-21-15-19(27(4)32(29,30)20-8-5-18(25)6-9-20)7-10-22(21)28(23)16-17-11-13-31-14-12-17/h6-11,16,20H,12-15,17-18H2,1-5H3,(H,29,34);5-10,15,17H,11-14,16,25H2,1-4H3. The predicted octanol–water partition coefficient (Wildman–Crippen LogP) is 8.25. The van der Waals surface area contributed by atoms with Crippen molar-refractivity contribution in [3.05, 3.63) is 96.6 Å². The van der Waals surface area contributed by atoms with Gasteiger partial charge in [0.1, 0.15) is 11.6 Å². The van der Waals surface area contributed by atoms with Crippen molar-refractivity contribution in [3.8, 4) is 0 Å². The van der Waals surface area contributed by atoms with Gasteiger partial charge >= 0.3 is 5.97 Å². The first-order valence-electron chi connectivity index (χ1n) is 24.0. The van der Waals surface area contributed by atoms with Gasteiger partial charge in [0.2, 0.25) is 0 Å². The summed E-state index contributed by atoms with van der Waals surface area (Å²) in [6.45, 7) is 18.6. The molecule has 4 heterocycles. The second kappa shape index (κ2) is 21.4. The molecule has 2 fully saturated rings. The van der Waals surface area contributed by atoms with Crippen LogP contribution in [0, 0.1) is 11.8 Å². The van der Waals surface area contributed by atoms with Gasteiger partial charge in [-0.15, -0.1) is 0 Å². The van der Waals surface area contributed by atoms with Crippen LogP contribution in [0.1, 0.15) is 85.8 Å². The molecule has 2 aromatic heterocycles. The zero-order valence-corrected chi connectivity index (χ0v) is 43.9. The number of hydrogen-bond donors (Lipinski definition) is 2. The summed E-state index contributed by atoms with van der Waals surface area (Å²) in [6.07, 6.45) is 4.11. The molecule has 8 rings (SSSR count). The van der Waals surface area contributed by atoms with Gasteiger partial charge < -0.3 is 34.4 Å². The van der Waals surface area contributed by atoms with E-state index in [1.54, 1.807) is 25.2 Å². The lowest BCUT2D eigenvalue weighted by molar-refractivity contribution is -0.144. The van der Waals surface area contributed by atoms with Crippen molar-refractivity contribution in [2.45, 2.75) is 108 Å². The minimum Gasteiger partial charge on any atom is -0.456 e. The van der Waals surface area contributed by atoms with Crippen LogP contribution in [0.15, 0.2) is 94.7 Å². The van der Waals surface area contributed by atoms with Crippen molar-refractivity contribution in [3.63, 3.8) is 0 Å². The third kappa shape index (κ3) is 12.4. The summed E-state index contributed by atoms with van der Waals surface area (Å²) in [5, 5.41) is 2.56. The number of nitrogens with zero attached hydrogens (tertiary/aromatic N) is 6. The van der Waals surface area contributed by atoms with Gasteiger partial charge in [0.05, 0.1) is 43.2 Å². The van der Waals surface area contributed by atoms with E-state index in [2.05, 4.69) is 60.7 Å². The number of nitrogens with one attached hydrogen (secondary N) is 1. The number of esters is 1. The van der Waals surface area contributed by atoms with Crippen LogP contribution in [-0.2, 0) is 67.8 Å². The van der Waals surface area contributed by atoms with Crippen LogP contribution < -0.4 is 19.7 Å². The van der Waals surface area contributed by atoms with Crippen molar-refractivity contribution in [1.82, 2.24) is 19.1 Å². The van der Waals surface area contributed by atoms with Gasteiger partial charge in [-0.25, -0.2) is 26.8 Å².